The number of rotatable bonds is 2. The fourth-order valence-electron chi connectivity index (χ4n) is 5.29. The molecular formula is C33H16F4N2. The van der Waals surface area contributed by atoms with Crippen molar-refractivity contribution in [3.05, 3.63) is 119 Å². The standard InChI is InChI=1S/C33H16F4N2/c1-17-10-21(12-22(15-38)27(17)16-39)28-30(34)32(36)29(33(37)31(28)35)26-14-20-11-18-6-2-3-7-19(18)13-25(20)23-8-4-5-9-24(23)26/h2-14H,1H3. The Hall–Kier alpha value is -5.20. The minimum atomic E-state index is -1.58. The molecule has 0 amide bonds. The van der Waals surface area contributed by atoms with Crippen LogP contribution >= 0.6 is 0 Å². The molecule has 2 nitrogen and oxygen atoms in total. The molecule has 0 aromatic heterocycles. The van der Waals surface area contributed by atoms with Crippen molar-refractivity contribution in [2.75, 3.05) is 0 Å². The summed E-state index contributed by atoms with van der Waals surface area (Å²) in [5, 5.41) is 23.2. The molecule has 0 aliphatic rings. The normalized spacial score (nSPS) is 11.2. The molecule has 0 bridgehead atoms. The topological polar surface area (TPSA) is 47.6 Å². The Kier molecular flexibility index (Phi) is 5.56. The lowest BCUT2D eigenvalue weighted by molar-refractivity contribution is 0.463. The first-order valence-electron chi connectivity index (χ1n) is 12.0. The maximum atomic E-state index is 15.8. The Balaban J connectivity index is 1.68. The molecule has 0 aliphatic carbocycles. The van der Waals surface area contributed by atoms with Gasteiger partial charge in [-0.3, -0.25) is 0 Å². The summed E-state index contributed by atoms with van der Waals surface area (Å²) in [7, 11) is 0. The van der Waals surface area contributed by atoms with Crippen LogP contribution in [-0.4, -0.2) is 0 Å². The van der Waals surface area contributed by atoms with Crippen LogP contribution in [0, 0.1) is 52.9 Å². The first-order valence-corrected chi connectivity index (χ1v) is 12.0. The van der Waals surface area contributed by atoms with Gasteiger partial charge in [0, 0.05) is 0 Å². The Morgan fingerprint density at radius 2 is 1.15 bits per heavy atom. The van der Waals surface area contributed by atoms with Crippen LogP contribution in [0.3, 0.4) is 0 Å². The van der Waals surface area contributed by atoms with E-state index in [1.807, 2.05) is 42.5 Å². The van der Waals surface area contributed by atoms with Crippen molar-refractivity contribution in [1.82, 2.24) is 0 Å². The van der Waals surface area contributed by atoms with Gasteiger partial charge in [-0.15, -0.1) is 0 Å². The summed E-state index contributed by atoms with van der Waals surface area (Å²) in [6.45, 7) is 1.48. The molecule has 0 saturated carbocycles. The summed E-state index contributed by atoms with van der Waals surface area (Å²) in [4.78, 5) is 0. The Bertz CT molecular complexity index is 2070. The second-order valence-electron chi connectivity index (χ2n) is 9.34. The van der Waals surface area contributed by atoms with Crippen molar-refractivity contribution < 1.29 is 17.6 Å². The Labute approximate surface area is 220 Å². The van der Waals surface area contributed by atoms with Crippen molar-refractivity contribution in [3.63, 3.8) is 0 Å². The van der Waals surface area contributed by atoms with E-state index in [1.54, 1.807) is 36.4 Å². The Morgan fingerprint density at radius 1 is 0.564 bits per heavy atom. The molecule has 186 valence electrons. The smallest absolute Gasteiger partial charge is 0.170 e. The lowest BCUT2D eigenvalue weighted by Crippen LogP contribution is -2.05. The van der Waals surface area contributed by atoms with Crippen molar-refractivity contribution in [3.8, 4) is 34.4 Å². The number of hydrogen-bond donors (Lipinski definition) is 0. The number of aryl methyl sites for hydroxylation is 1. The second-order valence-corrected chi connectivity index (χ2v) is 9.34. The summed E-state index contributed by atoms with van der Waals surface area (Å²) in [5.41, 5.74) is -1.85. The van der Waals surface area contributed by atoms with Gasteiger partial charge < -0.3 is 0 Å². The van der Waals surface area contributed by atoms with Gasteiger partial charge in [0.15, 0.2) is 23.3 Å². The van der Waals surface area contributed by atoms with Crippen LogP contribution in [0.1, 0.15) is 16.7 Å². The third-order valence-electron chi connectivity index (χ3n) is 7.11. The first kappa shape index (κ1) is 24.2. The fraction of sp³-hybridized carbons (Fsp3) is 0.0303. The van der Waals surface area contributed by atoms with Crippen LogP contribution in [0.25, 0.3) is 54.6 Å². The predicted molar refractivity (Wildman–Crippen MR) is 144 cm³/mol. The van der Waals surface area contributed by atoms with Crippen molar-refractivity contribution in [1.29, 1.82) is 10.5 Å². The zero-order chi connectivity index (χ0) is 27.4. The van der Waals surface area contributed by atoms with Crippen LogP contribution in [0.4, 0.5) is 17.6 Å². The molecule has 0 aliphatic heterocycles. The summed E-state index contributed by atoms with van der Waals surface area (Å²) in [6.07, 6.45) is 0. The van der Waals surface area contributed by atoms with Crippen LogP contribution < -0.4 is 0 Å². The average Bonchev–Trinajstić information content (AvgIpc) is 2.95. The molecular weight excluding hydrogens is 500 g/mol. The molecule has 0 radical (unpaired) electrons. The SMILES string of the molecule is Cc1cc(-c2c(F)c(F)c(-c3cc4cc5ccccc5cc4c4ccccc34)c(F)c2F)cc(C#N)c1C#N. The average molecular weight is 516 g/mol. The van der Waals surface area contributed by atoms with E-state index in [-0.39, 0.29) is 27.8 Å². The van der Waals surface area contributed by atoms with Gasteiger partial charge in [-0.1, -0.05) is 48.5 Å². The van der Waals surface area contributed by atoms with Gasteiger partial charge in [0.05, 0.1) is 22.3 Å². The molecule has 0 spiro atoms. The molecule has 6 aromatic rings. The molecule has 6 heteroatoms. The van der Waals surface area contributed by atoms with Gasteiger partial charge in [0.1, 0.15) is 12.1 Å². The molecule has 0 fully saturated rings. The number of benzene rings is 6. The van der Waals surface area contributed by atoms with Gasteiger partial charge in [-0.05, 0) is 86.3 Å². The van der Waals surface area contributed by atoms with E-state index < -0.39 is 34.4 Å². The quantitative estimate of drug-likeness (QED) is 0.0997. The minimum Gasteiger partial charge on any atom is -0.203 e. The highest BCUT2D eigenvalue weighted by Crippen LogP contribution is 2.42. The van der Waals surface area contributed by atoms with Crippen LogP contribution in [0.15, 0.2) is 78.9 Å². The fourth-order valence-corrected chi connectivity index (χ4v) is 5.29. The maximum Gasteiger partial charge on any atom is 0.170 e. The van der Waals surface area contributed by atoms with Crippen molar-refractivity contribution in [2.45, 2.75) is 6.92 Å². The maximum absolute atomic E-state index is 15.8. The number of nitrogens with zero attached hydrogens (tertiary/aromatic N) is 2. The van der Waals surface area contributed by atoms with Gasteiger partial charge >= 0.3 is 0 Å². The van der Waals surface area contributed by atoms with E-state index in [2.05, 4.69) is 0 Å². The van der Waals surface area contributed by atoms with Crippen LogP contribution in [0.2, 0.25) is 0 Å². The number of nitriles is 2. The molecule has 0 atom stereocenters. The Morgan fingerprint density at radius 3 is 1.79 bits per heavy atom. The number of hydrogen-bond acceptors (Lipinski definition) is 2. The van der Waals surface area contributed by atoms with E-state index in [0.717, 1.165) is 22.2 Å². The third-order valence-corrected chi connectivity index (χ3v) is 7.11. The lowest BCUT2D eigenvalue weighted by Gasteiger charge is -2.16. The van der Waals surface area contributed by atoms with E-state index in [9.17, 15) is 10.5 Å². The van der Waals surface area contributed by atoms with Gasteiger partial charge in [0.25, 0.3) is 0 Å². The molecule has 6 aromatic carbocycles. The van der Waals surface area contributed by atoms with Crippen LogP contribution in [-0.2, 0) is 0 Å². The van der Waals surface area contributed by atoms with Gasteiger partial charge in [-0.2, -0.15) is 10.5 Å². The van der Waals surface area contributed by atoms with E-state index in [0.29, 0.717) is 16.2 Å². The molecule has 0 N–H and O–H groups in total. The molecule has 0 unspecified atom stereocenters. The molecule has 0 heterocycles. The summed E-state index contributed by atoms with van der Waals surface area (Å²) in [5.74, 6) is -6.26. The predicted octanol–water partition coefficient (Wildman–Crippen LogP) is 9.09. The molecule has 6 rings (SSSR count). The summed E-state index contributed by atoms with van der Waals surface area (Å²) >= 11 is 0. The summed E-state index contributed by atoms with van der Waals surface area (Å²) in [6, 6.07) is 26.0. The minimum absolute atomic E-state index is 0.0152. The lowest BCUT2D eigenvalue weighted by atomic mass is 9.89. The zero-order valence-corrected chi connectivity index (χ0v) is 20.4. The van der Waals surface area contributed by atoms with E-state index >= 15 is 17.6 Å². The van der Waals surface area contributed by atoms with Crippen molar-refractivity contribution in [2.24, 2.45) is 0 Å². The van der Waals surface area contributed by atoms with E-state index in [1.165, 1.54) is 13.0 Å². The van der Waals surface area contributed by atoms with Crippen LogP contribution in [0.5, 0.6) is 0 Å². The highest BCUT2D eigenvalue weighted by atomic mass is 19.2. The second kappa shape index (κ2) is 8.97. The first-order chi connectivity index (χ1) is 18.8. The van der Waals surface area contributed by atoms with Crippen molar-refractivity contribution >= 4 is 32.3 Å². The highest BCUT2D eigenvalue weighted by Gasteiger charge is 2.29. The molecule has 0 saturated heterocycles. The number of halogens is 4. The zero-order valence-electron chi connectivity index (χ0n) is 20.4. The van der Waals surface area contributed by atoms with E-state index in [4.69, 9.17) is 0 Å². The van der Waals surface area contributed by atoms with Gasteiger partial charge in [0.2, 0.25) is 0 Å². The van der Waals surface area contributed by atoms with Gasteiger partial charge in [-0.25, -0.2) is 17.6 Å². The third kappa shape index (κ3) is 3.61. The highest BCUT2D eigenvalue weighted by molar-refractivity contribution is 6.16. The molecule has 39 heavy (non-hydrogen) atoms. The summed E-state index contributed by atoms with van der Waals surface area (Å²) < 4.78 is 62.8. The number of fused-ring (bicyclic) bond motifs is 4. The monoisotopic (exact) mass is 516 g/mol. The largest absolute Gasteiger partial charge is 0.203 e.